The lowest BCUT2D eigenvalue weighted by molar-refractivity contribution is 0.195. The molecule has 0 radical (unpaired) electrons. The fourth-order valence-corrected chi connectivity index (χ4v) is 11.9. The molecule has 0 spiro atoms. The molecule has 3 aliphatic heterocycles. The zero-order valence-electron chi connectivity index (χ0n) is 36.5. The Hall–Kier alpha value is -6.52. The summed E-state index contributed by atoms with van der Waals surface area (Å²) >= 11 is 0. The smallest absolute Gasteiger partial charge is 0.252 e. The average molecular weight is 802 g/mol. The normalized spacial score (nSPS) is 19.5. The van der Waals surface area contributed by atoms with Crippen LogP contribution in [0.1, 0.15) is 71.4 Å². The second kappa shape index (κ2) is 13.5. The maximum Gasteiger partial charge on any atom is 0.252 e. The molecule has 8 aromatic carbocycles. The summed E-state index contributed by atoms with van der Waals surface area (Å²) in [6, 6.07) is 66.5. The SMILES string of the molecule is CC(C)(C)c1ccc(N(c2cccc(-c3ccc4ccccc4c3)c2)c2ccc3c(c2)N(c2ccccc2)c2cccc4c2B3c2cccc3c2N4C2(C)CCCCC32C)cc1. The minimum atomic E-state index is 0.00984. The Morgan fingerprint density at radius 3 is 2.05 bits per heavy atom. The van der Waals surface area contributed by atoms with Crippen molar-refractivity contribution in [3.05, 3.63) is 187 Å². The minimum absolute atomic E-state index is 0.00984. The van der Waals surface area contributed by atoms with Gasteiger partial charge in [-0.1, -0.05) is 150 Å². The van der Waals surface area contributed by atoms with Gasteiger partial charge in [0.25, 0.3) is 6.71 Å². The van der Waals surface area contributed by atoms with Crippen molar-refractivity contribution in [1.29, 1.82) is 0 Å². The number of rotatable bonds is 5. The van der Waals surface area contributed by atoms with E-state index in [1.54, 1.807) is 0 Å². The van der Waals surface area contributed by atoms with E-state index in [1.807, 2.05) is 0 Å². The fourth-order valence-electron chi connectivity index (χ4n) is 11.9. The lowest BCUT2D eigenvalue weighted by Crippen LogP contribution is -2.64. The molecule has 302 valence electrons. The van der Waals surface area contributed by atoms with Gasteiger partial charge in [0.15, 0.2) is 0 Å². The molecule has 0 N–H and O–H groups in total. The summed E-state index contributed by atoms with van der Waals surface area (Å²) in [7, 11) is 0. The maximum absolute atomic E-state index is 2.81. The van der Waals surface area contributed by atoms with E-state index in [2.05, 4.69) is 225 Å². The molecular formula is C58H52BN3. The van der Waals surface area contributed by atoms with Crippen LogP contribution in [-0.4, -0.2) is 12.3 Å². The van der Waals surface area contributed by atoms with E-state index in [0.29, 0.717) is 0 Å². The summed E-state index contributed by atoms with van der Waals surface area (Å²) < 4.78 is 0. The number of anilines is 8. The lowest BCUT2D eigenvalue weighted by Gasteiger charge is -2.52. The summed E-state index contributed by atoms with van der Waals surface area (Å²) in [5.41, 5.74) is 19.5. The molecule has 1 fully saturated rings. The molecular weight excluding hydrogens is 749 g/mol. The van der Waals surface area contributed by atoms with Crippen LogP contribution < -0.4 is 31.1 Å². The van der Waals surface area contributed by atoms with Gasteiger partial charge in [-0.05, 0) is 141 Å². The highest BCUT2D eigenvalue weighted by molar-refractivity contribution is 7.00. The summed E-state index contributed by atoms with van der Waals surface area (Å²) in [5, 5.41) is 2.51. The largest absolute Gasteiger partial charge is 0.335 e. The molecule has 0 amide bonds. The van der Waals surface area contributed by atoms with Crippen LogP contribution in [0.5, 0.6) is 0 Å². The second-order valence-corrected chi connectivity index (χ2v) is 19.7. The highest BCUT2D eigenvalue weighted by atomic mass is 15.3. The molecule has 8 aromatic rings. The summed E-state index contributed by atoms with van der Waals surface area (Å²) in [6.45, 7) is 12.1. The van der Waals surface area contributed by atoms with Gasteiger partial charge in [0.05, 0.1) is 5.54 Å². The standard InChI is InChI=1S/C58H52BN3/c1-56(2,3)43-28-30-45(31-29-43)60(46-21-13-18-41(37-46)42-27-26-39-16-9-10-17-40(39)36-42)47-32-33-49-53(38-47)61(44-19-7-6-8-20-44)51-24-15-25-52-54(51)59(49)50-23-14-22-48-55(50)62(52)58(5)35-12-11-34-57(48,58)4/h6-10,13-33,36-38H,11-12,34-35H2,1-5H3. The van der Waals surface area contributed by atoms with Gasteiger partial charge >= 0.3 is 0 Å². The van der Waals surface area contributed by atoms with Crippen molar-refractivity contribution < 1.29 is 0 Å². The van der Waals surface area contributed by atoms with Crippen LogP contribution in [0, 0.1) is 0 Å². The zero-order valence-corrected chi connectivity index (χ0v) is 36.5. The first-order valence-corrected chi connectivity index (χ1v) is 22.7. The van der Waals surface area contributed by atoms with Crippen molar-refractivity contribution >= 4 is 79.4 Å². The van der Waals surface area contributed by atoms with Gasteiger partial charge in [-0.2, -0.15) is 0 Å². The van der Waals surface area contributed by atoms with Gasteiger partial charge in [0.1, 0.15) is 0 Å². The van der Waals surface area contributed by atoms with Crippen LogP contribution in [0.3, 0.4) is 0 Å². The fraction of sp³-hybridized carbons (Fsp3) is 0.207. The third-order valence-corrected chi connectivity index (χ3v) is 15.3. The molecule has 1 aliphatic carbocycles. The molecule has 0 saturated heterocycles. The third-order valence-electron chi connectivity index (χ3n) is 15.3. The zero-order chi connectivity index (χ0) is 42.0. The second-order valence-electron chi connectivity index (χ2n) is 19.7. The Morgan fingerprint density at radius 2 is 1.23 bits per heavy atom. The number of benzene rings is 8. The first-order valence-electron chi connectivity index (χ1n) is 22.7. The van der Waals surface area contributed by atoms with Crippen molar-refractivity contribution in [3.8, 4) is 11.1 Å². The Kier molecular flexibility index (Phi) is 8.11. The van der Waals surface area contributed by atoms with E-state index in [1.165, 1.54) is 104 Å². The molecule has 3 heterocycles. The van der Waals surface area contributed by atoms with E-state index in [0.717, 1.165) is 17.1 Å². The molecule has 0 bridgehead atoms. The van der Waals surface area contributed by atoms with Gasteiger partial charge in [-0.15, -0.1) is 0 Å². The maximum atomic E-state index is 2.81. The monoisotopic (exact) mass is 801 g/mol. The quantitative estimate of drug-likeness (QED) is 0.161. The lowest BCUT2D eigenvalue weighted by atomic mass is 9.33. The van der Waals surface area contributed by atoms with Crippen molar-refractivity contribution in [2.45, 2.75) is 76.7 Å². The van der Waals surface area contributed by atoms with E-state index in [-0.39, 0.29) is 23.1 Å². The Bertz CT molecular complexity index is 3070. The molecule has 1 saturated carbocycles. The highest BCUT2D eigenvalue weighted by Crippen LogP contribution is 2.61. The topological polar surface area (TPSA) is 9.72 Å². The van der Waals surface area contributed by atoms with Gasteiger partial charge in [-0.25, -0.2) is 0 Å². The number of fused-ring (bicyclic) bond motifs is 8. The van der Waals surface area contributed by atoms with Gasteiger partial charge in [0.2, 0.25) is 0 Å². The average Bonchev–Trinajstić information content (AvgIpc) is 3.51. The molecule has 12 rings (SSSR count). The van der Waals surface area contributed by atoms with Gasteiger partial charge in [0, 0.05) is 50.9 Å². The third kappa shape index (κ3) is 5.32. The van der Waals surface area contributed by atoms with E-state index < -0.39 is 0 Å². The molecule has 4 aliphatic rings. The molecule has 62 heavy (non-hydrogen) atoms. The minimum Gasteiger partial charge on any atom is -0.335 e. The van der Waals surface area contributed by atoms with Crippen molar-refractivity contribution in [3.63, 3.8) is 0 Å². The Morgan fingerprint density at radius 1 is 0.532 bits per heavy atom. The van der Waals surface area contributed by atoms with E-state index in [9.17, 15) is 0 Å². The van der Waals surface area contributed by atoms with E-state index >= 15 is 0 Å². The predicted octanol–water partition coefficient (Wildman–Crippen LogP) is 13.6. The van der Waals surface area contributed by atoms with Crippen LogP contribution in [0.4, 0.5) is 45.5 Å². The number of para-hydroxylation sites is 2. The van der Waals surface area contributed by atoms with Crippen LogP contribution in [0.25, 0.3) is 21.9 Å². The van der Waals surface area contributed by atoms with Crippen molar-refractivity contribution in [2.75, 3.05) is 14.7 Å². The van der Waals surface area contributed by atoms with Gasteiger partial charge < -0.3 is 14.7 Å². The van der Waals surface area contributed by atoms with Crippen LogP contribution >= 0.6 is 0 Å². The number of nitrogens with zero attached hydrogens (tertiary/aromatic N) is 3. The van der Waals surface area contributed by atoms with Crippen molar-refractivity contribution in [2.24, 2.45) is 0 Å². The van der Waals surface area contributed by atoms with Crippen LogP contribution in [-0.2, 0) is 10.8 Å². The van der Waals surface area contributed by atoms with Crippen LogP contribution in [0.15, 0.2) is 176 Å². The molecule has 2 atom stereocenters. The predicted molar refractivity (Wildman–Crippen MR) is 265 cm³/mol. The highest BCUT2D eigenvalue weighted by Gasteiger charge is 2.61. The Labute approximate surface area is 367 Å². The van der Waals surface area contributed by atoms with E-state index in [4.69, 9.17) is 0 Å². The summed E-state index contributed by atoms with van der Waals surface area (Å²) in [5.74, 6) is 0. The molecule has 2 unspecified atom stereocenters. The Balaban J connectivity index is 1.08. The summed E-state index contributed by atoms with van der Waals surface area (Å²) in [4.78, 5) is 7.82. The van der Waals surface area contributed by atoms with Crippen LogP contribution in [0.2, 0.25) is 0 Å². The van der Waals surface area contributed by atoms with Gasteiger partial charge in [-0.3, -0.25) is 0 Å². The molecule has 3 nitrogen and oxygen atoms in total. The summed E-state index contributed by atoms with van der Waals surface area (Å²) in [6.07, 6.45) is 4.98. The first-order chi connectivity index (χ1) is 30.1. The number of hydrogen-bond acceptors (Lipinski definition) is 3. The number of hydrogen-bond donors (Lipinski definition) is 0. The molecule has 4 heteroatoms. The first kappa shape index (κ1) is 37.3. The molecule has 0 aromatic heterocycles. The van der Waals surface area contributed by atoms with Crippen molar-refractivity contribution in [1.82, 2.24) is 0 Å².